The molecule has 1 N–H and O–H groups in total. The van der Waals surface area contributed by atoms with Crippen LogP contribution in [0.5, 0.6) is 0 Å². The zero-order valence-corrected chi connectivity index (χ0v) is 15.1. The molecule has 1 aromatic carbocycles. The molecule has 0 aromatic heterocycles. The van der Waals surface area contributed by atoms with Gasteiger partial charge in [-0.05, 0) is 81.3 Å². The van der Waals surface area contributed by atoms with Gasteiger partial charge in [0.2, 0.25) is 0 Å². The molecule has 0 saturated heterocycles. The molecule has 3 heteroatoms. The Balaban J connectivity index is 1.50. The summed E-state index contributed by atoms with van der Waals surface area (Å²) in [6.07, 6.45) is 6.60. The van der Waals surface area contributed by atoms with Crippen molar-refractivity contribution in [2.45, 2.75) is 51.6 Å². The van der Waals surface area contributed by atoms with Crippen molar-refractivity contribution in [1.82, 2.24) is 5.32 Å². The molecule has 4 saturated carbocycles. The Labute approximate surface area is 145 Å². The molecule has 0 spiro atoms. The van der Waals surface area contributed by atoms with E-state index >= 15 is 0 Å². The highest BCUT2D eigenvalue weighted by molar-refractivity contribution is 5.95. The van der Waals surface area contributed by atoms with Gasteiger partial charge < -0.3 is 10.1 Å². The van der Waals surface area contributed by atoms with E-state index in [1.54, 1.807) is 0 Å². The maximum Gasteiger partial charge on any atom is 0.251 e. The molecule has 0 aliphatic heterocycles. The van der Waals surface area contributed by atoms with Crippen molar-refractivity contribution in [2.75, 3.05) is 13.7 Å². The highest BCUT2D eigenvalue weighted by atomic mass is 16.5. The third-order valence-electron chi connectivity index (χ3n) is 7.05. The Morgan fingerprint density at radius 3 is 2.29 bits per heavy atom. The number of carbonyl (C=O) groups excluding carboxylic acids is 1. The molecule has 4 fully saturated rings. The topological polar surface area (TPSA) is 38.3 Å². The zero-order valence-electron chi connectivity index (χ0n) is 15.1. The molecule has 0 unspecified atom stereocenters. The van der Waals surface area contributed by atoms with Gasteiger partial charge in [-0.1, -0.05) is 17.7 Å². The number of carbonyl (C=O) groups is 1. The van der Waals surface area contributed by atoms with E-state index in [-0.39, 0.29) is 11.5 Å². The molecule has 4 bridgehead atoms. The van der Waals surface area contributed by atoms with Crippen LogP contribution in [0.2, 0.25) is 0 Å². The van der Waals surface area contributed by atoms with E-state index < -0.39 is 0 Å². The van der Waals surface area contributed by atoms with Gasteiger partial charge >= 0.3 is 0 Å². The molecule has 4 aliphatic carbocycles. The minimum Gasteiger partial charge on any atom is -0.376 e. The van der Waals surface area contributed by atoms with Gasteiger partial charge in [-0.3, -0.25) is 4.79 Å². The van der Waals surface area contributed by atoms with E-state index in [0.29, 0.717) is 18.4 Å². The lowest BCUT2D eigenvalue weighted by Gasteiger charge is -2.60. The second kappa shape index (κ2) is 5.87. The zero-order chi connectivity index (χ0) is 16.9. The summed E-state index contributed by atoms with van der Waals surface area (Å²) in [6.45, 7) is 4.73. The Bertz CT molecular complexity index is 623. The molecule has 24 heavy (non-hydrogen) atoms. The van der Waals surface area contributed by atoms with Crippen LogP contribution in [0.4, 0.5) is 0 Å². The van der Waals surface area contributed by atoms with Crippen LogP contribution in [0.15, 0.2) is 18.2 Å². The minimum atomic E-state index is -0.137. The third-order valence-corrected chi connectivity index (χ3v) is 7.05. The monoisotopic (exact) mass is 327 g/mol. The van der Waals surface area contributed by atoms with E-state index in [4.69, 9.17) is 4.74 Å². The fraction of sp³-hybridized carbons (Fsp3) is 0.667. The van der Waals surface area contributed by atoms with Gasteiger partial charge in [0.05, 0.1) is 5.60 Å². The molecular weight excluding hydrogens is 298 g/mol. The number of benzene rings is 1. The van der Waals surface area contributed by atoms with Crippen LogP contribution in [0, 0.1) is 37.5 Å². The van der Waals surface area contributed by atoms with Crippen molar-refractivity contribution >= 4 is 5.91 Å². The van der Waals surface area contributed by atoms with E-state index in [0.717, 1.165) is 23.0 Å². The third kappa shape index (κ3) is 2.48. The molecular formula is C21H29NO2. The minimum absolute atomic E-state index is 0.0396. The van der Waals surface area contributed by atoms with E-state index in [9.17, 15) is 4.79 Å². The molecule has 3 nitrogen and oxygen atoms in total. The predicted molar refractivity (Wildman–Crippen MR) is 95.0 cm³/mol. The molecule has 5 rings (SSSR count). The number of amides is 1. The van der Waals surface area contributed by atoms with Crippen LogP contribution in [0.25, 0.3) is 0 Å². The van der Waals surface area contributed by atoms with Crippen LogP contribution < -0.4 is 5.32 Å². The molecule has 0 radical (unpaired) electrons. The highest BCUT2D eigenvalue weighted by Gasteiger charge is 2.57. The summed E-state index contributed by atoms with van der Waals surface area (Å²) in [6, 6.07) is 6.02. The van der Waals surface area contributed by atoms with Crippen LogP contribution >= 0.6 is 0 Å². The summed E-state index contributed by atoms with van der Waals surface area (Å²) < 4.78 is 6.14. The first kappa shape index (κ1) is 16.1. The maximum absolute atomic E-state index is 12.7. The number of nitrogens with one attached hydrogen (secondary N) is 1. The summed E-state index contributed by atoms with van der Waals surface area (Å²) >= 11 is 0. The molecule has 1 aromatic rings. The Morgan fingerprint density at radius 2 is 1.75 bits per heavy atom. The maximum atomic E-state index is 12.7. The van der Waals surface area contributed by atoms with E-state index in [2.05, 4.69) is 18.3 Å². The Hall–Kier alpha value is -1.35. The average Bonchev–Trinajstić information content (AvgIpc) is 2.54. The van der Waals surface area contributed by atoms with Crippen LogP contribution in [0.1, 0.15) is 53.6 Å². The molecule has 0 atom stereocenters. The number of rotatable bonds is 4. The summed E-state index contributed by atoms with van der Waals surface area (Å²) in [7, 11) is 1.85. The Morgan fingerprint density at radius 1 is 1.12 bits per heavy atom. The smallest absolute Gasteiger partial charge is 0.251 e. The Kier molecular flexibility index (Phi) is 3.95. The molecule has 0 heterocycles. The summed E-state index contributed by atoms with van der Waals surface area (Å²) in [5.41, 5.74) is 2.89. The largest absolute Gasteiger partial charge is 0.376 e. The van der Waals surface area contributed by atoms with Crippen LogP contribution in [0.3, 0.4) is 0 Å². The first-order valence-electron chi connectivity index (χ1n) is 9.42. The van der Waals surface area contributed by atoms with Crippen molar-refractivity contribution in [3.05, 3.63) is 34.9 Å². The first-order chi connectivity index (χ1) is 11.5. The van der Waals surface area contributed by atoms with Gasteiger partial charge in [-0.25, -0.2) is 0 Å². The summed E-state index contributed by atoms with van der Waals surface area (Å²) in [5.74, 6) is 3.10. The molecule has 4 aliphatic rings. The fourth-order valence-electron chi connectivity index (χ4n) is 6.06. The summed E-state index contributed by atoms with van der Waals surface area (Å²) in [4.78, 5) is 12.7. The van der Waals surface area contributed by atoms with Gasteiger partial charge in [0, 0.05) is 19.2 Å². The lowest BCUT2D eigenvalue weighted by molar-refractivity contribution is -0.186. The lowest BCUT2D eigenvalue weighted by atomic mass is 9.49. The molecule has 1 amide bonds. The fourth-order valence-corrected chi connectivity index (χ4v) is 6.06. The van der Waals surface area contributed by atoms with Gasteiger partial charge in [0.1, 0.15) is 0 Å². The normalized spacial score (nSPS) is 36.8. The van der Waals surface area contributed by atoms with Crippen molar-refractivity contribution in [3.63, 3.8) is 0 Å². The van der Waals surface area contributed by atoms with Crippen molar-refractivity contribution < 1.29 is 9.53 Å². The van der Waals surface area contributed by atoms with E-state index in [1.807, 2.05) is 26.2 Å². The number of hydrogen-bond donors (Lipinski definition) is 1. The number of hydrogen-bond acceptors (Lipinski definition) is 2. The van der Waals surface area contributed by atoms with Gasteiger partial charge in [-0.15, -0.1) is 0 Å². The standard InChI is InChI=1S/C21H29NO2/c1-13-4-5-19(14(2)6-13)20(23)22-12-21(24-3)17-8-15-7-16(10-17)11-18(21)9-15/h4-6,15-18H,7-12H2,1-3H3,(H,22,23). The quantitative estimate of drug-likeness (QED) is 0.911. The number of ether oxygens (including phenoxy) is 1. The number of aryl methyl sites for hydroxylation is 2. The van der Waals surface area contributed by atoms with Crippen molar-refractivity contribution in [1.29, 1.82) is 0 Å². The average molecular weight is 327 g/mol. The second-order valence-corrected chi connectivity index (χ2v) is 8.46. The van der Waals surface area contributed by atoms with Crippen LogP contribution in [-0.2, 0) is 4.74 Å². The number of methoxy groups -OCH3 is 1. The van der Waals surface area contributed by atoms with Crippen molar-refractivity contribution in [3.8, 4) is 0 Å². The van der Waals surface area contributed by atoms with Gasteiger partial charge in [-0.2, -0.15) is 0 Å². The second-order valence-electron chi connectivity index (χ2n) is 8.46. The van der Waals surface area contributed by atoms with Gasteiger partial charge in [0.15, 0.2) is 0 Å². The van der Waals surface area contributed by atoms with Crippen LogP contribution in [-0.4, -0.2) is 25.2 Å². The highest BCUT2D eigenvalue weighted by Crippen LogP contribution is 2.59. The summed E-state index contributed by atoms with van der Waals surface area (Å²) in [5, 5.41) is 3.22. The van der Waals surface area contributed by atoms with Crippen molar-refractivity contribution in [2.24, 2.45) is 23.7 Å². The SMILES string of the molecule is COC1(CNC(=O)c2ccc(C)cc2C)C2CC3CC(C2)CC1C3. The lowest BCUT2D eigenvalue weighted by Crippen LogP contribution is -2.63. The predicted octanol–water partition coefficient (Wildman–Crippen LogP) is 3.87. The van der Waals surface area contributed by atoms with E-state index in [1.165, 1.54) is 37.7 Å². The van der Waals surface area contributed by atoms with Gasteiger partial charge in [0.25, 0.3) is 5.91 Å². The molecule has 130 valence electrons. The first-order valence-corrected chi connectivity index (χ1v) is 9.42.